The van der Waals surface area contributed by atoms with Gasteiger partial charge in [-0.2, -0.15) is 0 Å². The number of nitrogens with zero attached hydrogens (tertiary/aromatic N) is 1. The molecule has 2 fully saturated rings. The SMILES string of the molecule is c1cncc(CN[C@H]2C[C@@H]3CC[C@H]2C3)c1. The van der Waals surface area contributed by atoms with E-state index in [0.717, 1.165) is 24.4 Å². The van der Waals surface area contributed by atoms with E-state index in [4.69, 9.17) is 0 Å². The zero-order valence-corrected chi connectivity index (χ0v) is 9.02. The molecule has 0 unspecified atom stereocenters. The molecule has 0 saturated heterocycles. The van der Waals surface area contributed by atoms with Gasteiger partial charge in [0, 0.05) is 25.0 Å². The van der Waals surface area contributed by atoms with Crippen molar-refractivity contribution >= 4 is 0 Å². The highest BCUT2D eigenvalue weighted by molar-refractivity contribution is 5.08. The largest absolute Gasteiger partial charge is 0.310 e. The number of aromatic nitrogens is 1. The van der Waals surface area contributed by atoms with E-state index < -0.39 is 0 Å². The molecule has 0 aliphatic heterocycles. The van der Waals surface area contributed by atoms with Crippen molar-refractivity contribution in [2.45, 2.75) is 38.3 Å². The van der Waals surface area contributed by atoms with Crippen LogP contribution in [0.15, 0.2) is 24.5 Å². The molecule has 80 valence electrons. The second-order valence-corrected chi connectivity index (χ2v) is 5.02. The third-order valence-electron chi connectivity index (χ3n) is 4.03. The molecular weight excluding hydrogens is 184 g/mol. The van der Waals surface area contributed by atoms with Gasteiger partial charge in [-0.1, -0.05) is 12.5 Å². The summed E-state index contributed by atoms with van der Waals surface area (Å²) in [5.41, 5.74) is 1.31. The average Bonchev–Trinajstić information content (AvgIpc) is 2.89. The highest BCUT2D eigenvalue weighted by atomic mass is 14.9. The average molecular weight is 202 g/mol. The van der Waals surface area contributed by atoms with E-state index in [2.05, 4.69) is 16.4 Å². The maximum atomic E-state index is 4.14. The number of pyridine rings is 1. The first-order valence-corrected chi connectivity index (χ1v) is 6.04. The minimum absolute atomic E-state index is 0.781. The summed E-state index contributed by atoms with van der Waals surface area (Å²) in [6.45, 7) is 0.988. The van der Waals surface area contributed by atoms with Crippen LogP contribution in [-0.4, -0.2) is 11.0 Å². The minimum Gasteiger partial charge on any atom is -0.310 e. The Morgan fingerprint density at radius 2 is 2.33 bits per heavy atom. The van der Waals surface area contributed by atoms with E-state index in [1.165, 1.54) is 31.2 Å². The number of fused-ring (bicyclic) bond motifs is 2. The van der Waals surface area contributed by atoms with Gasteiger partial charge in [0.05, 0.1) is 0 Å². The van der Waals surface area contributed by atoms with Crippen LogP contribution < -0.4 is 5.32 Å². The fraction of sp³-hybridized carbons (Fsp3) is 0.615. The highest BCUT2D eigenvalue weighted by Crippen LogP contribution is 2.44. The van der Waals surface area contributed by atoms with Gasteiger partial charge >= 0.3 is 0 Å². The van der Waals surface area contributed by atoms with Crippen molar-refractivity contribution in [2.75, 3.05) is 0 Å². The van der Waals surface area contributed by atoms with Gasteiger partial charge in [-0.15, -0.1) is 0 Å². The summed E-state index contributed by atoms with van der Waals surface area (Å²) in [6, 6.07) is 4.94. The molecule has 1 aromatic rings. The molecule has 0 aromatic carbocycles. The van der Waals surface area contributed by atoms with Crippen molar-refractivity contribution in [3.8, 4) is 0 Å². The molecule has 2 aliphatic rings. The maximum absolute atomic E-state index is 4.14. The molecule has 15 heavy (non-hydrogen) atoms. The minimum atomic E-state index is 0.781. The molecule has 2 aliphatic carbocycles. The number of nitrogens with one attached hydrogen (secondary N) is 1. The Bertz CT molecular complexity index is 323. The zero-order chi connectivity index (χ0) is 10.1. The first kappa shape index (κ1) is 9.34. The quantitative estimate of drug-likeness (QED) is 0.814. The van der Waals surface area contributed by atoms with Crippen LogP contribution in [-0.2, 0) is 6.54 Å². The lowest BCUT2D eigenvalue weighted by Crippen LogP contribution is -2.33. The Kier molecular flexibility index (Phi) is 2.45. The Morgan fingerprint density at radius 1 is 1.33 bits per heavy atom. The normalized spacial score (nSPS) is 33.5. The van der Waals surface area contributed by atoms with Crippen molar-refractivity contribution < 1.29 is 0 Å². The summed E-state index contributed by atoms with van der Waals surface area (Å²) >= 11 is 0. The number of hydrogen-bond donors (Lipinski definition) is 1. The van der Waals surface area contributed by atoms with E-state index >= 15 is 0 Å². The molecule has 3 rings (SSSR count). The number of rotatable bonds is 3. The van der Waals surface area contributed by atoms with Gasteiger partial charge in [0.25, 0.3) is 0 Å². The van der Waals surface area contributed by atoms with Crippen LogP contribution in [0.3, 0.4) is 0 Å². The zero-order valence-electron chi connectivity index (χ0n) is 9.02. The molecule has 2 heteroatoms. The maximum Gasteiger partial charge on any atom is 0.0312 e. The molecule has 1 N–H and O–H groups in total. The molecule has 2 saturated carbocycles. The van der Waals surface area contributed by atoms with Crippen LogP contribution in [0.2, 0.25) is 0 Å². The Hall–Kier alpha value is -0.890. The van der Waals surface area contributed by atoms with Gasteiger partial charge in [0.2, 0.25) is 0 Å². The summed E-state index contributed by atoms with van der Waals surface area (Å²) in [6.07, 6.45) is 9.61. The van der Waals surface area contributed by atoms with Crippen molar-refractivity contribution in [3.05, 3.63) is 30.1 Å². The molecule has 3 atom stereocenters. The van der Waals surface area contributed by atoms with Crippen LogP contribution in [0, 0.1) is 11.8 Å². The fourth-order valence-electron chi connectivity index (χ4n) is 3.25. The van der Waals surface area contributed by atoms with E-state index in [-0.39, 0.29) is 0 Å². The van der Waals surface area contributed by atoms with Gasteiger partial charge in [-0.25, -0.2) is 0 Å². The van der Waals surface area contributed by atoms with Crippen molar-refractivity contribution in [1.82, 2.24) is 10.3 Å². The lowest BCUT2D eigenvalue weighted by Gasteiger charge is -2.22. The number of hydrogen-bond acceptors (Lipinski definition) is 2. The predicted molar refractivity (Wildman–Crippen MR) is 60.3 cm³/mol. The standard InChI is InChI=1S/C13H18N2/c1-2-11(8-14-5-1)9-15-13-7-10-3-4-12(13)6-10/h1-2,5,8,10,12-13,15H,3-4,6-7,9H2/t10-,12+,13+/m1/s1. The monoisotopic (exact) mass is 202 g/mol. The van der Waals surface area contributed by atoms with Crippen molar-refractivity contribution in [1.29, 1.82) is 0 Å². The van der Waals surface area contributed by atoms with Gasteiger partial charge in [-0.05, 0) is 42.7 Å². The Labute approximate surface area is 91.1 Å². The van der Waals surface area contributed by atoms with Crippen LogP contribution >= 0.6 is 0 Å². The van der Waals surface area contributed by atoms with Crippen LogP contribution in [0.4, 0.5) is 0 Å². The van der Waals surface area contributed by atoms with Crippen LogP contribution in [0.25, 0.3) is 0 Å². The molecule has 1 aromatic heterocycles. The first-order chi connectivity index (χ1) is 7.42. The molecule has 2 nitrogen and oxygen atoms in total. The summed E-state index contributed by atoms with van der Waals surface area (Å²) in [5.74, 6) is 1.99. The Morgan fingerprint density at radius 3 is 3.00 bits per heavy atom. The topological polar surface area (TPSA) is 24.9 Å². The summed E-state index contributed by atoms with van der Waals surface area (Å²) in [4.78, 5) is 4.14. The lowest BCUT2D eigenvalue weighted by molar-refractivity contribution is 0.350. The van der Waals surface area contributed by atoms with E-state index in [1.54, 1.807) is 0 Å². The van der Waals surface area contributed by atoms with Gasteiger partial charge in [-0.3, -0.25) is 4.98 Å². The third-order valence-corrected chi connectivity index (χ3v) is 4.03. The fourth-order valence-corrected chi connectivity index (χ4v) is 3.25. The van der Waals surface area contributed by atoms with Gasteiger partial charge < -0.3 is 5.32 Å². The first-order valence-electron chi connectivity index (χ1n) is 6.04. The molecular formula is C13H18N2. The van der Waals surface area contributed by atoms with Gasteiger partial charge in [0.1, 0.15) is 0 Å². The van der Waals surface area contributed by atoms with E-state index in [1.807, 2.05) is 18.5 Å². The van der Waals surface area contributed by atoms with E-state index in [0.29, 0.717) is 0 Å². The summed E-state index contributed by atoms with van der Waals surface area (Å²) in [7, 11) is 0. The van der Waals surface area contributed by atoms with Crippen molar-refractivity contribution in [3.63, 3.8) is 0 Å². The highest BCUT2D eigenvalue weighted by Gasteiger charge is 2.38. The second kappa shape index (κ2) is 3.93. The smallest absolute Gasteiger partial charge is 0.0312 e. The molecule has 2 bridgehead atoms. The molecule has 0 spiro atoms. The lowest BCUT2D eigenvalue weighted by atomic mass is 9.95. The Balaban J connectivity index is 1.55. The molecule has 0 amide bonds. The summed E-state index contributed by atoms with van der Waals surface area (Å²) in [5, 5.41) is 3.69. The molecule has 0 radical (unpaired) electrons. The third kappa shape index (κ3) is 1.91. The molecule has 1 heterocycles. The van der Waals surface area contributed by atoms with Gasteiger partial charge in [0.15, 0.2) is 0 Å². The second-order valence-electron chi connectivity index (χ2n) is 5.02. The van der Waals surface area contributed by atoms with Crippen molar-refractivity contribution in [2.24, 2.45) is 11.8 Å². The summed E-state index contributed by atoms with van der Waals surface area (Å²) < 4.78 is 0. The van der Waals surface area contributed by atoms with Crippen LogP contribution in [0.5, 0.6) is 0 Å². The predicted octanol–water partition coefficient (Wildman–Crippen LogP) is 2.36. The van der Waals surface area contributed by atoms with Crippen LogP contribution in [0.1, 0.15) is 31.2 Å². The van der Waals surface area contributed by atoms with E-state index in [9.17, 15) is 0 Å².